The van der Waals surface area contributed by atoms with Crippen molar-refractivity contribution in [2.24, 2.45) is 23.5 Å². The number of benzene rings is 1. The maximum absolute atomic E-state index is 13.8. The van der Waals surface area contributed by atoms with Crippen LogP contribution in [0.4, 0.5) is 0 Å². The Balaban J connectivity index is 1.81. The lowest BCUT2D eigenvalue weighted by molar-refractivity contribution is -0.185. The van der Waals surface area contributed by atoms with Gasteiger partial charge in [-0.3, -0.25) is 24.1 Å². The maximum Gasteiger partial charge on any atom is 0.309 e. The van der Waals surface area contributed by atoms with E-state index in [2.05, 4.69) is 0 Å². The van der Waals surface area contributed by atoms with Crippen molar-refractivity contribution in [3.05, 3.63) is 52.0 Å². The number of likely N-dealkylation sites (N-methyl/N-ethyl adjacent to an activating group) is 1. The van der Waals surface area contributed by atoms with Crippen LogP contribution < -0.4 is 5.73 Å². The maximum atomic E-state index is 13.8. The SMILES string of the molecule is C[C@@H]1c2cccc(O)c2C(=O)C2=C(O)[C@@]3(O)C(=O)C(C(N)=O)=C(O)[C@H](N(C)C)[C@H]3[C@H](OC(=O)C3CCC3)[C@H]21. The molecule has 1 saturated carbocycles. The summed E-state index contributed by atoms with van der Waals surface area (Å²) in [6, 6.07) is 3.20. The number of ketones is 2. The van der Waals surface area contributed by atoms with E-state index in [9.17, 15) is 39.6 Å². The molecule has 0 bridgehead atoms. The summed E-state index contributed by atoms with van der Waals surface area (Å²) in [7, 11) is 3.03. The van der Waals surface area contributed by atoms with E-state index in [1.807, 2.05) is 0 Å². The van der Waals surface area contributed by atoms with Gasteiger partial charge < -0.3 is 30.9 Å². The van der Waals surface area contributed by atoms with Gasteiger partial charge >= 0.3 is 5.97 Å². The molecular weight excluding hydrogens is 496 g/mol. The molecule has 0 heterocycles. The minimum absolute atomic E-state index is 0.107. The number of fused-ring (bicyclic) bond motifs is 3. The minimum Gasteiger partial charge on any atom is -0.510 e. The molecule has 38 heavy (non-hydrogen) atoms. The van der Waals surface area contributed by atoms with Crippen molar-refractivity contribution in [3.8, 4) is 5.75 Å². The molecule has 202 valence electrons. The molecule has 4 aliphatic carbocycles. The fourth-order valence-electron chi connectivity index (χ4n) is 6.57. The summed E-state index contributed by atoms with van der Waals surface area (Å²) in [5, 5.41) is 45.1. The third kappa shape index (κ3) is 3.27. The van der Waals surface area contributed by atoms with Crippen molar-refractivity contribution in [2.75, 3.05) is 14.1 Å². The number of carbonyl (C=O) groups excluding carboxylic acids is 4. The number of phenols is 1. The Morgan fingerprint density at radius 3 is 2.34 bits per heavy atom. The fourth-order valence-corrected chi connectivity index (χ4v) is 6.57. The lowest BCUT2D eigenvalue weighted by Crippen LogP contribution is -2.69. The molecule has 11 heteroatoms. The van der Waals surface area contributed by atoms with Gasteiger partial charge in [0.25, 0.3) is 5.91 Å². The normalized spacial score (nSPS) is 32.9. The van der Waals surface area contributed by atoms with E-state index in [1.54, 1.807) is 19.1 Å². The highest BCUT2D eigenvalue weighted by Crippen LogP contribution is 2.56. The number of Topliss-reactive ketones (excluding diaryl/α,β-unsaturated/α-hetero) is 2. The highest BCUT2D eigenvalue weighted by atomic mass is 16.5. The molecule has 0 saturated heterocycles. The van der Waals surface area contributed by atoms with Crippen molar-refractivity contribution in [2.45, 2.75) is 49.9 Å². The standard InChI is InChI=1S/C27H30N2O9/c1-10-12-8-5-9-13(30)15(12)20(31)16-14(10)22(38-26(36)11-6-4-7-11)18-19(29(2)3)21(32)17(25(28)35)24(34)27(18,37)23(16)33/h5,8-11,14,18-19,22,30,32-33,37H,4,6-7H2,1-3H3,(H2,28,35)/t10-,14+,18+,19-,22-,27-/m1/s1. The highest BCUT2D eigenvalue weighted by Gasteiger charge is 2.68. The zero-order valence-electron chi connectivity index (χ0n) is 21.2. The van der Waals surface area contributed by atoms with Gasteiger partial charge in [-0.1, -0.05) is 25.5 Å². The van der Waals surface area contributed by atoms with Crippen LogP contribution in [0.2, 0.25) is 0 Å². The molecule has 0 radical (unpaired) electrons. The van der Waals surface area contributed by atoms with E-state index < -0.39 is 87.5 Å². The Labute approximate surface area is 218 Å². The Kier molecular flexibility index (Phi) is 5.92. The first kappa shape index (κ1) is 25.9. The molecule has 11 nitrogen and oxygen atoms in total. The molecule has 4 aliphatic rings. The number of aromatic hydroxyl groups is 1. The number of primary amides is 1. The molecule has 0 spiro atoms. The summed E-state index contributed by atoms with van der Waals surface area (Å²) in [5.41, 5.74) is 1.48. The summed E-state index contributed by atoms with van der Waals surface area (Å²) in [4.78, 5) is 54.2. The largest absolute Gasteiger partial charge is 0.510 e. The lowest BCUT2D eigenvalue weighted by atomic mass is 9.55. The van der Waals surface area contributed by atoms with Crippen LogP contribution in [0.15, 0.2) is 40.9 Å². The molecule has 6 N–H and O–H groups in total. The first-order valence-electron chi connectivity index (χ1n) is 12.5. The second-order valence-electron chi connectivity index (χ2n) is 10.8. The predicted octanol–water partition coefficient (Wildman–Crippen LogP) is 1.00. The van der Waals surface area contributed by atoms with E-state index in [0.29, 0.717) is 18.4 Å². The van der Waals surface area contributed by atoms with E-state index in [4.69, 9.17) is 10.5 Å². The summed E-state index contributed by atoms with van der Waals surface area (Å²) >= 11 is 0. The number of carbonyl (C=O) groups is 4. The summed E-state index contributed by atoms with van der Waals surface area (Å²) in [5.74, 6) is -9.83. The second kappa shape index (κ2) is 8.67. The van der Waals surface area contributed by atoms with Gasteiger partial charge in [-0.2, -0.15) is 0 Å². The number of phenolic OH excluding ortho intramolecular Hbond substituents is 1. The molecule has 5 rings (SSSR count). The molecule has 1 fully saturated rings. The van der Waals surface area contributed by atoms with Crippen molar-refractivity contribution < 1.29 is 44.3 Å². The quantitative estimate of drug-likeness (QED) is 0.280. The molecular formula is C27H30N2O9. The number of amides is 1. The molecule has 1 amide bonds. The van der Waals surface area contributed by atoms with Crippen LogP contribution in [0, 0.1) is 17.8 Å². The van der Waals surface area contributed by atoms with E-state index in [0.717, 1.165) is 6.42 Å². The Morgan fingerprint density at radius 1 is 1.13 bits per heavy atom. The molecule has 0 unspecified atom stereocenters. The second-order valence-corrected chi connectivity index (χ2v) is 10.8. The molecule has 0 aromatic heterocycles. The molecule has 1 aromatic rings. The number of aliphatic hydroxyl groups is 3. The van der Waals surface area contributed by atoms with Gasteiger partial charge in [0.1, 0.15) is 28.9 Å². The Morgan fingerprint density at radius 2 is 1.79 bits per heavy atom. The van der Waals surface area contributed by atoms with Crippen LogP contribution in [0.25, 0.3) is 0 Å². The number of nitrogens with zero attached hydrogens (tertiary/aromatic N) is 1. The van der Waals surface area contributed by atoms with Gasteiger partial charge in [0.05, 0.1) is 23.4 Å². The number of aliphatic hydroxyl groups excluding tert-OH is 2. The first-order valence-corrected chi connectivity index (χ1v) is 12.5. The average molecular weight is 527 g/mol. The Bertz CT molecular complexity index is 1340. The van der Waals surface area contributed by atoms with Crippen molar-refractivity contribution in [1.82, 2.24) is 4.90 Å². The van der Waals surface area contributed by atoms with Gasteiger partial charge in [-0.05, 0) is 44.5 Å². The molecule has 0 aliphatic heterocycles. The van der Waals surface area contributed by atoms with Gasteiger partial charge in [0.15, 0.2) is 11.4 Å². The summed E-state index contributed by atoms with van der Waals surface area (Å²) in [6.45, 7) is 1.72. The number of esters is 1. The van der Waals surface area contributed by atoms with Gasteiger partial charge in [-0.25, -0.2) is 0 Å². The molecule has 1 aromatic carbocycles. The number of nitrogens with two attached hydrogens (primary N) is 1. The van der Waals surface area contributed by atoms with E-state index >= 15 is 0 Å². The monoisotopic (exact) mass is 526 g/mol. The number of hydrogen-bond acceptors (Lipinski definition) is 10. The van der Waals surface area contributed by atoms with Gasteiger partial charge in [0, 0.05) is 11.5 Å². The zero-order valence-corrected chi connectivity index (χ0v) is 21.2. The topological polar surface area (TPSA) is 188 Å². The smallest absolute Gasteiger partial charge is 0.309 e. The van der Waals surface area contributed by atoms with Crippen LogP contribution in [0.1, 0.15) is 48.0 Å². The Hall–Kier alpha value is -3.70. The van der Waals surface area contributed by atoms with Crippen molar-refractivity contribution >= 4 is 23.4 Å². The predicted molar refractivity (Wildman–Crippen MR) is 131 cm³/mol. The van der Waals surface area contributed by atoms with Crippen molar-refractivity contribution in [1.29, 1.82) is 0 Å². The van der Waals surface area contributed by atoms with E-state index in [-0.39, 0.29) is 11.3 Å². The van der Waals surface area contributed by atoms with Crippen molar-refractivity contribution in [3.63, 3.8) is 0 Å². The van der Waals surface area contributed by atoms with Gasteiger partial charge in [-0.15, -0.1) is 0 Å². The highest BCUT2D eigenvalue weighted by molar-refractivity contribution is 6.25. The van der Waals surface area contributed by atoms with Crippen LogP contribution in [-0.4, -0.2) is 80.6 Å². The van der Waals surface area contributed by atoms with Crippen LogP contribution in [0.3, 0.4) is 0 Å². The fraction of sp³-hybridized carbons (Fsp3) is 0.481. The number of ether oxygens (including phenoxy) is 1. The first-order chi connectivity index (χ1) is 17.8. The lowest BCUT2D eigenvalue weighted by Gasteiger charge is -2.54. The third-order valence-electron chi connectivity index (χ3n) is 8.66. The number of rotatable bonds is 4. The zero-order chi connectivity index (χ0) is 27.8. The van der Waals surface area contributed by atoms with E-state index in [1.165, 1.54) is 25.1 Å². The van der Waals surface area contributed by atoms with Crippen LogP contribution >= 0.6 is 0 Å². The summed E-state index contributed by atoms with van der Waals surface area (Å²) in [6.07, 6.45) is 0.648. The minimum atomic E-state index is -2.93. The number of hydrogen-bond donors (Lipinski definition) is 5. The van der Waals surface area contributed by atoms with Crippen LogP contribution in [-0.2, 0) is 19.1 Å². The van der Waals surface area contributed by atoms with Gasteiger partial charge in [0.2, 0.25) is 5.78 Å². The molecule has 6 atom stereocenters. The van der Waals surface area contributed by atoms with Crippen LogP contribution in [0.5, 0.6) is 5.75 Å². The third-order valence-corrected chi connectivity index (χ3v) is 8.66. The average Bonchev–Trinajstić information content (AvgIpc) is 2.79. The summed E-state index contributed by atoms with van der Waals surface area (Å²) < 4.78 is 6.00.